The number of carbonyl (C=O) groups excluding carboxylic acids is 2. The Morgan fingerprint density at radius 3 is 2.62 bits per heavy atom. The molecule has 0 unspecified atom stereocenters. The lowest BCUT2D eigenvalue weighted by Gasteiger charge is -2.35. The minimum atomic E-state index is -0.791. The summed E-state index contributed by atoms with van der Waals surface area (Å²) in [6, 6.07) is 1.75. The van der Waals surface area contributed by atoms with E-state index in [1.54, 1.807) is 15.9 Å². The van der Waals surface area contributed by atoms with E-state index in [0.29, 0.717) is 31.9 Å². The number of pyridine rings is 1. The smallest absolute Gasteiger partial charge is 0.261 e. The van der Waals surface area contributed by atoms with Crippen LogP contribution in [0.1, 0.15) is 40.9 Å². The lowest BCUT2D eigenvalue weighted by molar-refractivity contribution is -0.125. The minimum Gasteiger partial charge on any atom is -0.349 e. The van der Waals surface area contributed by atoms with Crippen LogP contribution < -0.4 is 10.9 Å². The van der Waals surface area contributed by atoms with Crippen molar-refractivity contribution in [2.75, 3.05) is 27.2 Å². The number of rotatable bonds is 1. The molecule has 1 fully saturated rings. The molecule has 26 heavy (non-hydrogen) atoms. The van der Waals surface area contributed by atoms with Crippen LogP contribution in [0.4, 0.5) is 0 Å². The van der Waals surface area contributed by atoms with E-state index in [-0.39, 0.29) is 22.9 Å². The number of hydrogen-bond acceptors (Lipinski definition) is 5. The predicted octanol–water partition coefficient (Wildman–Crippen LogP) is -0.114. The molecule has 1 spiro atoms. The molecule has 0 radical (unpaired) electrons. The Bertz CT molecular complexity index is 862. The maximum Gasteiger partial charge on any atom is 0.261 e. The second-order valence-corrected chi connectivity index (χ2v) is 7.48. The third-order valence-corrected chi connectivity index (χ3v) is 5.59. The first-order valence-electron chi connectivity index (χ1n) is 9.03. The molecule has 138 valence electrons. The highest BCUT2D eigenvalue weighted by atomic mass is 16.2. The summed E-state index contributed by atoms with van der Waals surface area (Å²) in [5, 5.41) is 2.81. The van der Waals surface area contributed by atoms with Crippen molar-refractivity contribution in [2.45, 2.75) is 37.6 Å². The molecule has 3 heterocycles. The number of nitrogens with zero attached hydrogens (tertiary/aromatic N) is 3. The first kappa shape index (κ1) is 16.8. The molecule has 2 amide bonds. The van der Waals surface area contributed by atoms with Gasteiger partial charge in [0.1, 0.15) is 11.1 Å². The average molecular weight is 357 g/mol. The number of piperidine rings is 1. The Morgan fingerprint density at radius 2 is 1.96 bits per heavy atom. The van der Waals surface area contributed by atoms with Gasteiger partial charge < -0.3 is 14.8 Å². The fraction of sp³-hybridized carbons (Fsp3) is 0.556. The zero-order valence-electron chi connectivity index (χ0n) is 15.1. The van der Waals surface area contributed by atoms with Gasteiger partial charge in [-0.05, 0) is 43.7 Å². The van der Waals surface area contributed by atoms with Crippen LogP contribution in [0.25, 0.3) is 0 Å². The van der Waals surface area contributed by atoms with Crippen molar-refractivity contribution in [2.24, 2.45) is 4.99 Å². The van der Waals surface area contributed by atoms with Gasteiger partial charge in [-0.1, -0.05) is 0 Å². The van der Waals surface area contributed by atoms with Gasteiger partial charge in [0, 0.05) is 32.9 Å². The SMILES string of the molecule is CN(C)C1=NC2(CCN(C(=O)c3cc4c([nH]c3=O)CCC4)CC2)C(=O)N1. The number of hydrogen-bond donors (Lipinski definition) is 2. The second-order valence-electron chi connectivity index (χ2n) is 7.48. The number of aliphatic imine (C=N–C) groups is 1. The maximum absolute atomic E-state index is 12.8. The molecule has 1 aromatic heterocycles. The van der Waals surface area contributed by atoms with Crippen molar-refractivity contribution in [3.8, 4) is 0 Å². The molecule has 4 rings (SSSR count). The van der Waals surface area contributed by atoms with Crippen LogP contribution in [-0.4, -0.2) is 65.3 Å². The Kier molecular flexibility index (Phi) is 3.86. The molecule has 3 aliphatic rings. The molecular weight excluding hydrogens is 334 g/mol. The molecule has 1 aliphatic carbocycles. The number of H-pyrrole nitrogens is 1. The van der Waals surface area contributed by atoms with Crippen molar-refractivity contribution in [1.82, 2.24) is 20.1 Å². The number of nitrogens with one attached hydrogen (secondary N) is 2. The maximum atomic E-state index is 12.8. The summed E-state index contributed by atoms with van der Waals surface area (Å²) in [5.41, 5.74) is 1.12. The Balaban J connectivity index is 1.51. The summed E-state index contributed by atoms with van der Waals surface area (Å²) < 4.78 is 0. The van der Waals surface area contributed by atoms with Gasteiger partial charge >= 0.3 is 0 Å². The first-order valence-corrected chi connectivity index (χ1v) is 9.03. The topological polar surface area (TPSA) is 97.9 Å². The van der Waals surface area contributed by atoms with E-state index >= 15 is 0 Å². The second kappa shape index (κ2) is 5.96. The van der Waals surface area contributed by atoms with Crippen molar-refractivity contribution in [1.29, 1.82) is 0 Å². The largest absolute Gasteiger partial charge is 0.349 e. The van der Waals surface area contributed by atoms with Gasteiger partial charge in [-0.25, -0.2) is 4.99 Å². The van der Waals surface area contributed by atoms with Gasteiger partial charge in [0.2, 0.25) is 5.96 Å². The van der Waals surface area contributed by atoms with Crippen LogP contribution in [0.5, 0.6) is 0 Å². The molecule has 8 heteroatoms. The fourth-order valence-electron chi connectivity index (χ4n) is 3.97. The van der Waals surface area contributed by atoms with Crippen LogP contribution in [0, 0.1) is 0 Å². The van der Waals surface area contributed by atoms with Crippen molar-refractivity contribution >= 4 is 17.8 Å². The minimum absolute atomic E-state index is 0.108. The molecule has 2 aliphatic heterocycles. The molecule has 2 N–H and O–H groups in total. The normalized spacial score (nSPS) is 20.8. The third kappa shape index (κ3) is 2.60. The molecule has 0 atom stereocenters. The van der Waals surface area contributed by atoms with E-state index in [4.69, 9.17) is 0 Å². The van der Waals surface area contributed by atoms with Gasteiger partial charge in [0.05, 0.1) is 0 Å². The van der Waals surface area contributed by atoms with Gasteiger partial charge in [-0.3, -0.25) is 19.7 Å². The quantitative estimate of drug-likeness (QED) is 0.732. The van der Waals surface area contributed by atoms with E-state index < -0.39 is 5.54 Å². The number of carbonyl (C=O) groups is 2. The fourth-order valence-corrected chi connectivity index (χ4v) is 3.97. The van der Waals surface area contributed by atoms with Crippen molar-refractivity contribution in [3.05, 3.63) is 33.2 Å². The average Bonchev–Trinajstić information content (AvgIpc) is 3.19. The number of amides is 2. The molecular formula is C18H23N5O3. The Labute approximate surface area is 151 Å². The van der Waals surface area contributed by atoms with E-state index in [0.717, 1.165) is 30.5 Å². The van der Waals surface area contributed by atoms with Crippen LogP contribution in [0.3, 0.4) is 0 Å². The number of aryl methyl sites for hydroxylation is 2. The predicted molar refractivity (Wildman–Crippen MR) is 96.2 cm³/mol. The molecule has 0 aromatic carbocycles. The first-order chi connectivity index (χ1) is 12.4. The van der Waals surface area contributed by atoms with Crippen LogP contribution in [-0.2, 0) is 17.6 Å². The number of aromatic amines is 1. The molecule has 1 aromatic rings. The summed E-state index contributed by atoms with van der Waals surface area (Å²) >= 11 is 0. The zero-order valence-corrected chi connectivity index (χ0v) is 15.1. The molecule has 1 saturated heterocycles. The Morgan fingerprint density at radius 1 is 1.23 bits per heavy atom. The lowest BCUT2D eigenvalue weighted by Crippen LogP contribution is -2.51. The highest BCUT2D eigenvalue weighted by Gasteiger charge is 2.47. The number of aromatic nitrogens is 1. The van der Waals surface area contributed by atoms with E-state index in [1.807, 2.05) is 14.1 Å². The number of guanidine groups is 1. The number of fused-ring (bicyclic) bond motifs is 1. The standard InChI is InChI=1S/C18H23N5O3/c1-22(2)17-20-16(26)18(21-17)6-8-23(9-7-18)15(25)12-10-11-4-3-5-13(11)19-14(12)24/h10H,3-9H2,1-2H3,(H,19,24)(H,20,21,26). The van der Waals surface area contributed by atoms with Crippen LogP contribution in [0.2, 0.25) is 0 Å². The van der Waals surface area contributed by atoms with Gasteiger partial charge in [0.15, 0.2) is 0 Å². The van der Waals surface area contributed by atoms with Crippen LogP contribution >= 0.6 is 0 Å². The summed E-state index contributed by atoms with van der Waals surface area (Å²) in [4.78, 5) is 48.4. The summed E-state index contributed by atoms with van der Waals surface area (Å²) in [7, 11) is 3.66. The third-order valence-electron chi connectivity index (χ3n) is 5.59. The summed E-state index contributed by atoms with van der Waals surface area (Å²) in [6.45, 7) is 0.819. The van der Waals surface area contributed by atoms with E-state index in [2.05, 4.69) is 15.3 Å². The Hall–Kier alpha value is -2.64. The van der Waals surface area contributed by atoms with Crippen molar-refractivity contribution < 1.29 is 9.59 Å². The monoisotopic (exact) mass is 357 g/mol. The lowest BCUT2D eigenvalue weighted by atomic mass is 9.88. The van der Waals surface area contributed by atoms with Crippen molar-refractivity contribution in [3.63, 3.8) is 0 Å². The van der Waals surface area contributed by atoms with Crippen LogP contribution in [0.15, 0.2) is 15.9 Å². The highest BCUT2D eigenvalue weighted by molar-refractivity contribution is 6.07. The van der Waals surface area contributed by atoms with Gasteiger partial charge in [-0.2, -0.15) is 0 Å². The summed E-state index contributed by atoms with van der Waals surface area (Å²) in [6.07, 6.45) is 3.70. The van der Waals surface area contributed by atoms with Gasteiger partial charge in [-0.15, -0.1) is 0 Å². The van der Waals surface area contributed by atoms with E-state index in [1.165, 1.54) is 0 Å². The molecule has 8 nitrogen and oxygen atoms in total. The summed E-state index contributed by atoms with van der Waals surface area (Å²) in [5.74, 6) is 0.194. The highest BCUT2D eigenvalue weighted by Crippen LogP contribution is 2.31. The zero-order chi connectivity index (χ0) is 18.5. The molecule has 0 bridgehead atoms. The van der Waals surface area contributed by atoms with E-state index in [9.17, 15) is 14.4 Å². The number of likely N-dealkylation sites (tertiary alicyclic amines) is 1. The molecule has 0 saturated carbocycles. The van der Waals surface area contributed by atoms with Gasteiger partial charge in [0.25, 0.3) is 17.4 Å².